The van der Waals surface area contributed by atoms with Crippen molar-refractivity contribution in [2.45, 2.75) is 26.7 Å². The number of hydrogen-bond acceptors (Lipinski definition) is 1. The van der Waals surface area contributed by atoms with Crippen LogP contribution in [0.5, 0.6) is 0 Å². The molecule has 0 saturated heterocycles. The van der Waals surface area contributed by atoms with Crippen LogP contribution in [0.15, 0.2) is 16.9 Å². The summed E-state index contributed by atoms with van der Waals surface area (Å²) in [5, 5.41) is 1.44. The zero-order valence-electron chi connectivity index (χ0n) is 9.90. The Morgan fingerprint density at radius 3 is 2.47 bits per heavy atom. The molecule has 0 amide bonds. The van der Waals surface area contributed by atoms with Crippen LogP contribution in [0.25, 0.3) is 10.9 Å². The second-order valence-corrected chi connectivity index (χ2v) is 5.22. The number of H-pyrrole nitrogens is 1. The van der Waals surface area contributed by atoms with Gasteiger partial charge in [-0.2, -0.15) is 0 Å². The van der Waals surface area contributed by atoms with E-state index >= 15 is 0 Å². The number of halogens is 2. The largest absolute Gasteiger partial charge is 0.357 e. The first kappa shape index (κ1) is 12.5. The van der Waals surface area contributed by atoms with E-state index in [9.17, 15) is 4.79 Å². The molecule has 0 aliphatic heterocycles. The lowest BCUT2D eigenvalue weighted by atomic mass is 9.99. The Morgan fingerprint density at radius 2 is 1.88 bits per heavy atom. The van der Waals surface area contributed by atoms with Gasteiger partial charge in [0.1, 0.15) is 0 Å². The molecule has 1 aromatic carbocycles. The van der Waals surface area contributed by atoms with Crippen LogP contribution in [0.3, 0.4) is 0 Å². The van der Waals surface area contributed by atoms with Gasteiger partial charge >= 0.3 is 0 Å². The molecule has 0 radical (unpaired) electrons. The highest BCUT2D eigenvalue weighted by Crippen LogP contribution is 2.29. The SMILES string of the molecule is Cc1[nH]c2c(Cl)c(Cl)ccc2c(=O)c1C(C)C. The van der Waals surface area contributed by atoms with Crippen molar-refractivity contribution in [3.63, 3.8) is 0 Å². The van der Waals surface area contributed by atoms with Crippen LogP contribution in [0.4, 0.5) is 0 Å². The van der Waals surface area contributed by atoms with E-state index in [4.69, 9.17) is 23.2 Å². The zero-order chi connectivity index (χ0) is 12.7. The van der Waals surface area contributed by atoms with Crippen molar-refractivity contribution in [3.8, 4) is 0 Å². The smallest absolute Gasteiger partial charge is 0.193 e. The van der Waals surface area contributed by atoms with E-state index in [0.717, 1.165) is 11.3 Å². The minimum absolute atomic E-state index is 0.0322. The standard InChI is InChI=1S/C13H13Cl2NO/c1-6(2)10-7(3)16-12-8(13(10)17)4-5-9(14)11(12)15/h4-6H,1-3H3,(H,16,17). The van der Waals surface area contributed by atoms with Gasteiger partial charge in [0, 0.05) is 16.6 Å². The molecule has 1 heterocycles. The lowest BCUT2D eigenvalue weighted by Gasteiger charge is -2.12. The maximum Gasteiger partial charge on any atom is 0.193 e. The number of fused-ring (bicyclic) bond motifs is 1. The van der Waals surface area contributed by atoms with E-state index in [1.807, 2.05) is 20.8 Å². The number of aryl methyl sites for hydroxylation is 1. The maximum absolute atomic E-state index is 12.3. The topological polar surface area (TPSA) is 32.9 Å². The first-order valence-electron chi connectivity index (χ1n) is 5.44. The minimum Gasteiger partial charge on any atom is -0.357 e. The van der Waals surface area contributed by atoms with Crippen molar-refractivity contribution >= 4 is 34.1 Å². The summed E-state index contributed by atoms with van der Waals surface area (Å²) in [6.45, 7) is 5.88. The van der Waals surface area contributed by atoms with Crippen molar-refractivity contribution in [2.24, 2.45) is 0 Å². The second-order valence-electron chi connectivity index (χ2n) is 4.43. The third-order valence-corrected chi connectivity index (χ3v) is 3.68. The highest BCUT2D eigenvalue weighted by Gasteiger charge is 2.14. The van der Waals surface area contributed by atoms with Gasteiger partial charge in [-0.05, 0) is 25.0 Å². The summed E-state index contributed by atoms with van der Waals surface area (Å²) < 4.78 is 0. The van der Waals surface area contributed by atoms with Crippen molar-refractivity contribution in [3.05, 3.63) is 43.7 Å². The van der Waals surface area contributed by atoms with Crippen molar-refractivity contribution in [2.75, 3.05) is 0 Å². The Balaban J connectivity index is 2.96. The average Bonchev–Trinajstić information content (AvgIpc) is 2.23. The molecule has 17 heavy (non-hydrogen) atoms. The van der Waals surface area contributed by atoms with Gasteiger partial charge < -0.3 is 4.98 Å². The van der Waals surface area contributed by atoms with E-state index in [0.29, 0.717) is 20.9 Å². The Hall–Kier alpha value is -0.990. The summed E-state index contributed by atoms with van der Waals surface area (Å²) in [5.74, 6) is 0.178. The van der Waals surface area contributed by atoms with Gasteiger partial charge in [0.2, 0.25) is 0 Å². The Morgan fingerprint density at radius 1 is 1.24 bits per heavy atom. The average molecular weight is 270 g/mol. The Kier molecular flexibility index (Phi) is 3.19. The number of pyridine rings is 1. The van der Waals surface area contributed by atoms with Crippen LogP contribution in [0.2, 0.25) is 10.0 Å². The molecule has 1 aromatic heterocycles. The van der Waals surface area contributed by atoms with Crippen LogP contribution in [-0.4, -0.2) is 4.98 Å². The third kappa shape index (κ3) is 1.96. The number of benzene rings is 1. The molecular formula is C13H13Cl2NO. The van der Waals surface area contributed by atoms with Crippen LogP contribution in [0, 0.1) is 6.92 Å². The second kappa shape index (κ2) is 4.35. The van der Waals surface area contributed by atoms with Gasteiger partial charge in [-0.25, -0.2) is 0 Å². The highest BCUT2D eigenvalue weighted by molar-refractivity contribution is 6.44. The van der Waals surface area contributed by atoms with Gasteiger partial charge in [0.25, 0.3) is 0 Å². The number of hydrogen-bond donors (Lipinski definition) is 1. The fourth-order valence-corrected chi connectivity index (χ4v) is 2.50. The monoisotopic (exact) mass is 269 g/mol. The maximum atomic E-state index is 12.3. The number of rotatable bonds is 1. The predicted molar refractivity (Wildman–Crippen MR) is 73.4 cm³/mol. The zero-order valence-corrected chi connectivity index (χ0v) is 11.4. The Bertz CT molecular complexity index is 644. The van der Waals surface area contributed by atoms with Gasteiger partial charge in [0.15, 0.2) is 5.43 Å². The molecule has 2 rings (SSSR count). The van der Waals surface area contributed by atoms with Crippen LogP contribution in [0.1, 0.15) is 31.0 Å². The molecule has 0 aliphatic rings. The van der Waals surface area contributed by atoms with Gasteiger partial charge in [-0.3, -0.25) is 4.79 Å². The van der Waals surface area contributed by atoms with Crippen molar-refractivity contribution < 1.29 is 0 Å². The van der Waals surface area contributed by atoms with Crippen molar-refractivity contribution in [1.29, 1.82) is 0 Å². The molecule has 0 aliphatic carbocycles. The molecule has 2 aromatic rings. The van der Waals surface area contributed by atoms with E-state index in [1.54, 1.807) is 12.1 Å². The first-order chi connectivity index (χ1) is 7.93. The summed E-state index contributed by atoms with van der Waals surface area (Å²) in [7, 11) is 0. The fraction of sp³-hybridized carbons (Fsp3) is 0.308. The Labute approximate surface area is 110 Å². The quantitative estimate of drug-likeness (QED) is 0.824. The van der Waals surface area contributed by atoms with Gasteiger partial charge in [-0.15, -0.1) is 0 Å². The van der Waals surface area contributed by atoms with Crippen LogP contribution >= 0.6 is 23.2 Å². The van der Waals surface area contributed by atoms with E-state index < -0.39 is 0 Å². The molecule has 0 atom stereocenters. The fourth-order valence-electron chi connectivity index (χ4n) is 2.13. The van der Waals surface area contributed by atoms with E-state index in [2.05, 4.69) is 4.98 Å². The molecule has 90 valence electrons. The molecule has 0 unspecified atom stereocenters. The molecule has 4 heteroatoms. The molecule has 0 saturated carbocycles. The van der Waals surface area contributed by atoms with Gasteiger partial charge in [-0.1, -0.05) is 37.0 Å². The van der Waals surface area contributed by atoms with E-state index in [1.165, 1.54) is 0 Å². The number of aromatic nitrogens is 1. The molecule has 2 nitrogen and oxygen atoms in total. The molecule has 0 spiro atoms. The highest BCUT2D eigenvalue weighted by atomic mass is 35.5. The summed E-state index contributed by atoms with van der Waals surface area (Å²) >= 11 is 12.0. The van der Waals surface area contributed by atoms with Crippen LogP contribution in [-0.2, 0) is 0 Å². The molecule has 0 bridgehead atoms. The lowest BCUT2D eigenvalue weighted by Crippen LogP contribution is -2.14. The third-order valence-electron chi connectivity index (χ3n) is 2.88. The summed E-state index contributed by atoms with van der Waals surface area (Å²) in [5.41, 5.74) is 2.30. The van der Waals surface area contributed by atoms with Gasteiger partial charge in [0.05, 0.1) is 15.6 Å². The molecule has 0 fully saturated rings. The molecular weight excluding hydrogens is 257 g/mol. The number of nitrogens with one attached hydrogen (secondary N) is 1. The summed E-state index contributed by atoms with van der Waals surface area (Å²) in [6.07, 6.45) is 0. The minimum atomic E-state index is 0.0322. The van der Waals surface area contributed by atoms with Crippen LogP contribution < -0.4 is 5.43 Å². The normalized spacial score (nSPS) is 11.4. The predicted octanol–water partition coefficient (Wildman–Crippen LogP) is 4.27. The lowest BCUT2D eigenvalue weighted by molar-refractivity contribution is 0.839. The van der Waals surface area contributed by atoms with E-state index in [-0.39, 0.29) is 11.3 Å². The number of aromatic amines is 1. The summed E-state index contributed by atoms with van der Waals surface area (Å²) in [6, 6.07) is 3.37. The van der Waals surface area contributed by atoms with Crippen molar-refractivity contribution in [1.82, 2.24) is 4.98 Å². The first-order valence-corrected chi connectivity index (χ1v) is 6.19. The molecule has 1 N–H and O–H groups in total. The summed E-state index contributed by atoms with van der Waals surface area (Å²) in [4.78, 5) is 15.5.